The van der Waals surface area contributed by atoms with E-state index >= 15 is 0 Å². The first-order valence-corrected chi connectivity index (χ1v) is 9.62. The molecular weight excluding hydrogens is 398 g/mol. The number of likely N-dealkylation sites (tertiary alicyclic amines) is 1. The fraction of sp³-hybridized carbons (Fsp3) is 0.167. The van der Waals surface area contributed by atoms with Crippen LogP contribution in [0.15, 0.2) is 76.9 Å². The second-order valence-corrected chi connectivity index (χ2v) is 7.01. The molecular formula is C24H21NO6. The van der Waals surface area contributed by atoms with Crippen molar-refractivity contribution in [2.75, 3.05) is 14.2 Å². The van der Waals surface area contributed by atoms with E-state index in [1.807, 2.05) is 0 Å². The maximum absolute atomic E-state index is 13.0. The number of methoxy groups -OCH3 is 2. The number of aliphatic hydroxyl groups excluding tert-OH is 1. The Labute approximate surface area is 179 Å². The third-order valence-corrected chi connectivity index (χ3v) is 5.20. The molecule has 1 saturated heterocycles. The summed E-state index contributed by atoms with van der Waals surface area (Å²) in [4.78, 5) is 27.4. The molecule has 1 unspecified atom stereocenters. The van der Waals surface area contributed by atoms with Gasteiger partial charge in [0.1, 0.15) is 23.0 Å². The zero-order valence-electron chi connectivity index (χ0n) is 17.1. The highest BCUT2D eigenvalue weighted by Gasteiger charge is 2.46. The predicted molar refractivity (Wildman–Crippen MR) is 113 cm³/mol. The van der Waals surface area contributed by atoms with Gasteiger partial charge in [0.05, 0.1) is 38.6 Å². The van der Waals surface area contributed by atoms with Crippen LogP contribution in [-0.2, 0) is 16.1 Å². The van der Waals surface area contributed by atoms with Crippen LogP contribution in [0.5, 0.6) is 11.5 Å². The number of amides is 1. The van der Waals surface area contributed by atoms with E-state index in [4.69, 9.17) is 13.9 Å². The molecule has 0 bridgehead atoms. The zero-order valence-corrected chi connectivity index (χ0v) is 17.1. The number of rotatable bonds is 6. The van der Waals surface area contributed by atoms with Gasteiger partial charge >= 0.3 is 0 Å². The van der Waals surface area contributed by atoms with Crippen LogP contribution in [0.4, 0.5) is 0 Å². The minimum atomic E-state index is -0.814. The lowest BCUT2D eigenvalue weighted by Gasteiger charge is -2.24. The Bertz CT molecular complexity index is 1150. The van der Waals surface area contributed by atoms with Gasteiger partial charge in [-0.25, -0.2) is 0 Å². The van der Waals surface area contributed by atoms with Crippen molar-refractivity contribution in [3.05, 3.63) is 89.4 Å². The molecule has 1 N–H and O–H groups in total. The van der Waals surface area contributed by atoms with Crippen LogP contribution >= 0.6 is 0 Å². The molecule has 158 valence electrons. The molecule has 31 heavy (non-hydrogen) atoms. The Hall–Kier alpha value is -4.00. The molecule has 4 rings (SSSR count). The second kappa shape index (κ2) is 8.39. The van der Waals surface area contributed by atoms with Crippen LogP contribution in [0.25, 0.3) is 5.76 Å². The van der Waals surface area contributed by atoms with E-state index in [1.54, 1.807) is 60.7 Å². The van der Waals surface area contributed by atoms with Crippen molar-refractivity contribution in [2.24, 2.45) is 0 Å². The van der Waals surface area contributed by atoms with Gasteiger partial charge in [-0.1, -0.05) is 24.3 Å². The third-order valence-electron chi connectivity index (χ3n) is 5.20. The second-order valence-electron chi connectivity index (χ2n) is 7.01. The molecule has 7 nitrogen and oxygen atoms in total. The standard InChI is InChI=1S/C24H21NO6/c1-29-17-8-3-6-15(12-17)21-20(22(26)16-7-4-9-18(13-16)30-2)23(27)24(28)25(21)14-19-10-5-11-31-19/h3-13,21,26H,14H2,1-2H3/b22-20-. The van der Waals surface area contributed by atoms with Crippen molar-refractivity contribution in [1.82, 2.24) is 4.90 Å². The van der Waals surface area contributed by atoms with Gasteiger partial charge in [0.15, 0.2) is 0 Å². The van der Waals surface area contributed by atoms with Crippen molar-refractivity contribution < 1.29 is 28.6 Å². The molecule has 2 aromatic carbocycles. The summed E-state index contributed by atoms with van der Waals surface area (Å²) < 4.78 is 15.9. The minimum absolute atomic E-state index is 0.00179. The molecule has 7 heteroatoms. The SMILES string of the molecule is COc1cccc(/C(O)=C2/C(=O)C(=O)N(Cc3ccco3)C2c2cccc(OC)c2)c1. The van der Waals surface area contributed by atoms with Gasteiger partial charge in [-0.15, -0.1) is 0 Å². The van der Waals surface area contributed by atoms with Crippen molar-refractivity contribution in [1.29, 1.82) is 0 Å². The number of carbonyl (C=O) groups is 2. The van der Waals surface area contributed by atoms with Gasteiger partial charge in [-0.2, -0.15) is 0 Å². The molecule has 1 fully saturated rings. The molecule has 1 amide bonds. The van der Waals surface area contributed by atoms with E-state index in [0.717, 1.165) is 0 Å². The summed E-state index contributed by atoms with van der Waals surface area (Å²) in [6, 6.07) is 16.4. The fourth-order valence-electron chi connectivity index (χ4n) is 3.70. The van der Waals surface area contributed by atoms with Crippen LogP contribution in [0, 0.1) is 0 Å². The van der Waals surface area contributed by atoms with E-state index in [1.165, 1.54) is 25.4 Å². The molecule has 2 heterocycles. The molecule has 1 aliphatic rings. The lowest BCUT2D eigenvalue weighted by atomic mass is 9.95. The highest BCUT2D eigenvalue weighted by atomic mass is 16.5. The number of aliphatic hydroxyl groups is 1. The first-order chi connectivity index (χ1) is 15.0. The molecule has 0 saturated carbocycles. The van der Waals surface area contributed by atoms with Crippen molar-refractivity contribution >= 4 is 17.4 Å². The van der Waals surface area contributed by atoms with E-state index in [2.05, 4.69) is 0 Å². The first-order valence-electron chi connectivity index (χ1n) is 9.62. The summed E-state index contributed by atoms with van der Waals surface area (Å²) in [5.74, 6) is -0.134. The molecule has 1 aromatic heterocycles. The van der Waals surface area contributed by atoms with Crippen LogP contribution in [0.2, 0.25) is 0 Å². The van der Waals surface area contributed by atoms with E-state index in [-0.39, 0.29) is 17.9 Å². The normalized spacial score (nSPS) is 17.7. The number of carbonyl (C=O) groups excluding carboxylic acids is 2. The third kappa shape index (κ3) is 3.77. The summed E-state index contributed by atoms with van der Waals surface area (Å²) >= 11 is 0. The van der Waals surface area contributed by atoms with Gasteiger partial charge in [-0.3, -0.25) is 9.59 Å². The topological polar surface area (TPSA) is 89.2 Å². The van der Waals surface area contributed by atoms with Gasteiger partial charge in [0.25, 0.3) is 11.7 Å². The number of benzene rings is 2. The zero-order chi connectivity index (χ0) is 22.0. The largest absolute Gasteiger partial charge is 0.507 e. The highest BCUT2D eigenvalue weighted by Crippen LogP contribution is 2.41. The number of nitrogens with zero attached hydrogens (tertiary/aromatic N) is 1. The van der Waals surface area contributed by atoms with Gasteiger partial charge in [-0.05, 0) is 42.0 Å². The maximum atomic E-state index is 13.0. The summed E-state index contributed by atoms with van der Waals surface area (Å²) in [5.41, 5.74) is 1.01. The Morgan fingerprint density at radius 1 is 1.00 bits per heavy atom. The number of ether oxygens (including phenoxy) is 2. The lowest BCUT2D eigenvalue weighted by molar-refractivity contribution is -0.140. The van der Waals surface area contributed by atoms with Crippen LogP contribution in [0.1, 0.15) is 22.9 Å². The molecule has 1 aliphatic heterocycles. The van der Waals surface area contributed by atoms with E-state index in [9.17, 15) is 14.7 Å². The summed E-state index contributed by atoms with van der Waals surface area (Å²) in [7, 11) is 3.05. The number of hydrogen-bond donors (Lipinski definition) is 1. The Morgan fingerprint density at radius 3 is 2.39 bits per heavy atom. The summed E-state index contributed by atoms with van der Waals surface area (Å²) in [5, 5.41) is 11.1. The van der Waals surface area contributed by atoms with Crippen molar-refractivity contribution in [3.63, 3.8) is 0 Å². The monoisotopic (exact) mass is 419 g/mol. The highest BCUT2D eigenvalue weighted by molar-refractivity contribution is 6.46. The number of ketones is 1. The van der Waals surface area contributed by atoms with Crippen LogP contribution in [0.3, 0.4) is 0 Å². The smallest absolute Gasteiger partial charge is 0.296 e. The fourth-order valence-corrected chi connectivity index (χ4v) is 3.70. The number of hydrogen-bond acceptors (Lipinski definition) is 6. The van der Waals surface area contributed by atoms with Crippen LogP contribution in [-0.4, -0.2) is 35.9 Å². The van der Waals surface area contributed by atoms with Gasteiger partial charge in [0, 0.05) is 5.56 Å². The van der Waals surface area contributed by atoms with Crippen LogP contribution < -0.4 is 9.47 Å². The Morgan fingerprint density at radius 2 is 1.71 bits per heavy atom. The lowest BCUT2D eigenvalue weighted by Crippen LogP contribution is -2.29. The van der Waals surface area contributed by atoms with Crippen molar-refractivity contribution in [2.45, 2.75) is 12.6 Å². The quantitative estimate of drug-likeness (QED) is 0.370. The molecule has 1 atom stereocenters. The van der Waals surface area contributed by atoms with Gasteiger partial charge in [0.2, 0.25) is 0 Å². The average molecular weight is 419 g/mol. The summed E-state index contributed by atoms with van der Waals surface area (Å²) in [6.07, 6.45) is 1.50. The summed E-state index contributed by atoms with van der Waals surface area (Å²) in [6.45, 7) is 0.0777. The predicted octanol–water partition coefficient (Wildman–Crippen LogP) is 3.92. The number of Topliss-reactive ketones (excluding diaryl/α,β-unsaturated/α-hetero) is 1. The minimum Gasteiger partial charge on any atom is -0.507 e. The van der Waals surface area contributed by atoms with E-state index in [0.29, 0.717) is 28.4 Å². The average Bonchev–Trinajstić information content (AvgIpc) is 3.41. The molecule has 0 spiro atoms. The first kappa shape index (κ1) is 20.3. The molecule has 3 aromatic rings. The van der Waals surface area contributed by atoms with E-state index < -0.39 is 17.7 Å². The Kier molecular flexibility index (Phi) is 5.49. The van der Waals surface area contributed by atoms with Gasteiger partial charge < -0.3 is 23.9 Å². The molecule has 0 radical (unpaired) electrons. The van der Waals surface area contributed by atoms with Crippen molar-refractivity contribution in [3.8, 4) is 11.5 Å². The maximum Gasteiger partial charge on any atom is 0.296 e. The Balaban J connectivity index is 1.88. The number of furan rings is 1. The molecule has 0 aliphatic carbocycles.